The lowest BCUT2D eigenvalue weighted by Crippen LogP contribution is -2.47. The summed E-state index contributed by atoms with van der Waals surface area (Å²) in [5.74, 6) is -2.11. The quantitative estimate of drug-likeness (QED) is 0.579. The summed E-state index contributed by atoms with van der Waals surface area (Å²) in [7, 11) is 1.31. The van der Waals surface area contributed by atoms with Gasteiger partial charge in [0, 0.05) is 11.8 Å². The van der Waals surface area contributed by atoms with Crippen LogP contribution in [0.1, 0.15) is 54.4 Å². The maximum Gasteiger partial charge on any atom is 0.329 e. The first kappa shape index (κ1) is 19.0. The molecule has 0 unspecified atom stereocenters. The highest BCUT2D eigenvalue weighted by Crippen LogP contribution is 2.61. The molecule has 154 valence electrons. The number of nitrogens with zero attached hydrogens (tertiary/aromatic N) is 1. The largest absolute Gasteiger partial charge is 0.467 e. The summed E-state index contributed by atoms with van der Waals surface area (Å²) in [5.41, 5.74) is 4.51. The zero-order chi connectivity index (χ0) is 21.2. The number of methoxy groups -OCH3 is 1. The molecule has 2 aromatic rings. The Bertz CT molecular complexity index is 943. The van der Waals surface area contributed by atoms with Crippen molar-refractivity contribution >= 4 is 17.8 Å². The van der Waals surface area contributed by atoms with Crippen molar-refractivity contribution in [2.45, 2.75) is 38.1 Å². The number of benzene rings is 2. The van der Waals surface area contributed by atoms with Crippen molar-refractivity contribution in [2.75, 3.05) is 7.11 Å². The van der Waals surface area contributed by atoms with Crippen molar-refractivity contribution in [3.05, 3.63) is 70.8 Å². The summed E-state index contributed by atoms with van der Waals surface area (Å²) in [5, 5.41) is 0. The first-order valence-electron chi connectivity index (χ1n) is 10.6. The van der Waals surface area contributed by atoms with Crippen molar-refractivity contribution in [1.82, 2.24) is 4.90 Å². The number of carbonyl (C=O) groups excluding carboxylic acids is 3. The molecule has 0 N–H and O–H groups in total. The van der Waals surface area contributed by atoms with Gasteiger partial charge in [-0.15, -0.1) is 0 Å². The van der Waals surface area contributed by atoms with E-state index in [1.54, 1.807) is 0 Å². The Labute approximate surface area is 176 Å². The maximum absolute atomic E-state index is 13.7. The Kier molecular flexibility index (Phi) is 4.31. The fourth-order valence-electron chi connectivity index (χ4n) is 5.90. The van der Waals surface area contributed by atoms with Gasteiger partial charge in [-0.05, 0) is 34.6 Å². The first-order valence-corrected chi connectivity index (χ1v) is 10.6. The highest BCUT2D eigenvalue weighted by Gasteiger charge is 2.63. The van der Waals surface area contributed by atoms with E-state index in [-0.39, 0.29) is 29.6 Å². The third-order valence-corrected chi connectivity index (χ3v) is 6.96. The molecule has 1 aliphatic heterocycles. The topological polar surface area (TPSA) is 63.7 Å². The second kappa shape index (κ2) is 6.79. The highest BCUT2D eigenvalue weighted by atomic mass is 16.5. The van der Waals surface area contributed by atoms with Gasteiger partial charge in [0.05, 0.1) is 18.9 Å². The van der Waals surface area contributed by atoms with E-state index in [0.29, 0.717) is 6.42 Å². The van der Waals surface area contributed by atoms with Crippen molar-refractivity contribution in [2.24, 2.45) is 17.8 Å². The van der Waals surface area contributed by atoms with E-state index in [0.717, 1.165) is 22.3 Å². The molecule has 3 aliphatic carbocycles. The molecule has 0 saturated carbocycles. The van der Waals surface area contributed by atoms with Gasteiger partial charge in [-0.1, -0.05) is 62.4 Å². The molecule has 0 radical (unpaired) electrons. The zero-order valence-electron chi connectivity index (χ0n) is 17.4. The van der Waals surface area contributed by atoms with Crippen LogP contribution < -0.4 is 0 Å². The van der Waals surface area contributed by atoms with Crippen molar-refractivity contribution in [3.8, 4) is 0 Å². The first-order chi connectivity index (χ1) is 14.5. The van der Waals surface area contributed by atoms with Gasteiger partial charge in [-0.25, -0.2) is 4.79 Å². The minimum absolute atomic E-state index is 0.142. The van der Waals surface area contributed by atoms with E-state index in [1.807, 2.05) is 38.1 Å². The Morgan fingerprint density at radius 3 is 1.60 bits per heavy atom. The monoisotopic (exact) mass is 403 g/mol. The van der Waals surface area contributed by atoms with E-state index in [9.17, 15) is 14.4 Å². The molecule has 2 amide bonds. The van der Waals surface area contributed by atoms with E-state index < -0.39 is 23.8 Å². The summed E-state index contributed by atoms with van der Waals surface area (Å²) < 4.78 is 4.98. The number of rotatable bonds is 4. The number of hydrogen-bond donors (Lipinski definition) is 0. The third kappa shape index (κ3) is 2.44. The normalized spacial score (nSPS) is 27.0. The lowest BCUT2D eigenvalue weighted by atomic mass is 9.55. The van der Waals surface area contributed by atoms with Crippen LogP contribution in [-0.2, 0) is 19.1 Å². The van der Waals surface area contributed by atoms with E-state index in [4.69, 9.17) is 4.74 Å². The Morgan fingerprint density at radius 2 is 1.27 bits per heavy atom. The Morgan fingerprint density at radius 1 is 0.867 bits per heavy atom. The molecule has 2 aromatic carbocycles. The fraction of sp³-hybridized carbons (Fsp3) is 0.400. The third-order valence-electron chi connectivity index (χ3n) is 6.96. The van der Waals surface area contributed by atoms with E-state index in [2.05, 4.69) is 24.3 Å². The number of esters is 1. The summed E-state index contributed by atoms with van der Waals surface area (Å²) in [6, 6.07) is 15.4. The molecule has 0 aromatic heterocycles. The minimum atomic E-state index is -0.869. The average molecular weight is 403 g/mol. The SMILES string of the molecule is COC(=O)[C@H](CC(C)C)N1C(=O)[C@H]2C3c4ccccc4C(c4ccccc43)[C@@H]2C1=O. The Balaban J connectivity index is 1.66. The van der Waals surface area contributed by atoms with Gasteiger partial charge >= 0.3 is 5.97 Å². The lowest BCUT2D eigenvalue weighted by molar-refractivity contribution is -0.157. The zero-order valence-corrected chi connectivity index (χ0v) is 17.4. The molecule has 1 saturated heterocycles. The lowest BCUT2D eigenvalue weighted by Gasteiger charge is -2.45. The molecule has 5 nitrogen and oxygen atoms in total. The van der Waals surface area contributed by atoms with Gasteiger partial charge in [0.25, 0.3) is 0 Å². The molecule has 1 heterocycles. The number of imide groups is 1. The van der Waals surface area contributed by atoms with Gasteiger partial charge < -0.3 is 4.74 Å². The van der Waals surface area contributed by atoms with Gasteiger partial charge in [0.1, 0.15) is 6.04 Å². The van der Waals surface area contributed by atoms with Crippen LogP contribution in [0.2, 0.25) is 0 Å². The average Bonchev–Trinajstić information content (AvgIpc) is 3.02. The molecule has 6 rings (SSSR count). The van der Waals surface area contributed by atoms with Gasteiger partial charge in [-0.2, -0.15) is 0 Å². The molecular weight excluding hydrogens is 378 g/mol. The summed E-state index contributed by atoms with van der Waals surface area (Å²) in [6.07, 6.45) is 0.402. The van der Waals surface area contributed by atoms with Crippen LogP contribution in [0.3, 0.4) is 0 Å². The number of ether oxygens (including phenoxy) is 1. The molecule has 1 fully saturated rings. The maximum atomic E-state index is 13.7. The highest BCUT2D eigenvalue weighted by molar-refractivity contribution is 6.10. The predicted octanol–water partition coefficient (Wildman–Crippen LogP) is 3.47. The van der Waals surface area contributed by atoms with Crippen LogP contribution in [0.4, 0.5) is 0 Å². The fourth-order valence-corrected chi connectivity index (χ4v) is 5.90. The van der Waals surface area contributed by atoms with Crippen molar-refractivity contribution in [3.63, 3.8) is 0 Å². The molecule has 0 spiro atoms. The molecule has 2 bridgehead atoms. The van der Waals surface area contributed by atoms with Gasteiger partial charge in [-0.3, -0.25) is 14.5 Å². The standard InChI is InChI=1S/C25H25NO4/c1-13(2)12-18(25(29)30-3)26-23(27)21-19-14-8-4-5-9-15(14)20(22(21)24(26)28)17-11-7-6-10-16(17)19/h4-11,13,18-22H,12H2,1-3H3/t18-,19?,20?,21-,22-/m0/s1. The molecule has 4 aliphatic rings. The Hall–Kier alpha value is -2.95. The summed E-state index contributed by atoms with van der Waals surface area (Å²) >= 11 is 0. The number of likely N-dealkylation sites (tertiary alicyclic amines) is 1. The van der Waals surface area contributed by atoms with Crippen LogP contribution in [0, 0.1) is 17.8 Å². The van der Waals surface area contributed by atoms with E-state index >= 15 is 0 Å². The van der Waals surface area contributed by atoms with Crippen LogP contribution in [0.5, 0.6) is 0 Å². The van der Waals surface area contributed by atoms with Crippen molar-refractivity contribution < 1.29 is 19.1 Å². The molecule has 30 heavy (non-hydrogen) atoms. The van der Waals surface area contributed by atoms with Crippen LogP contribution in [0.15, 0.2) is 48.5 Å². The molecule has 3 atom stereocenters. The molecular formula is C25H25NO4. The van der Waals surface area contributed by atoms with Crippen LogP contribution in [0.25, 0.3) is 0 Å². The number of hydrogen-bond acceptors (Lipinski definition) is 4. The van der Waals surface area contributed by atoms with E-state index in [1.165, 1.54) is 12.0 Å². The smallest absolute Gasteiger partial charge is 0.329 e. The number of carbonyl (C=O) groups is 3. The second-order valence-electron chi connectivity index (χ2n) is 8.98. The second-order valence-corrected chi connectivity index (χ2v) is 8.98. The predicted molar refractivity (Wildman–Crippen MR) is 111 cm³/mol. The van der Waals surface area contributed by atoms with Crippen LogP contribution in [-0.4, -0.2) is 35.8 Å². The minimum Gasteiger partial charge on any atom is -0.467 e. The van der Waals surface area contributed by atoms with Crippen molar-refractivity contribution in [1.29, 1.82) is 0 Å². The summed E-state index contributed by atoms with van der Waals surface area (Å²) in [6.45, 7) is 3.95. The molecule has 5 heteroatoms. The van der Waals surface area contributed by atoms with Gasteiger partial charge in [0.15, 0.2) is 0 Å². The van der Waals surface area contributed by atoms with Gasteiger partial charge in [0.2, 0.25) is 11.8 Å². The van der Waals surface area contributed by atoms with Crippen LogP contribution >= 0.6 is 0 Å². The number of amides is 2. The summed E-state index contributed by atoms with van der Waals surface area (Å²) in [4.78, 5) is 41.2.